The number of halogens is 1. The Morgan fingerprint density at radius 3 is 2.43 bits per heavy atom. The lowest BCUT2D eigenvalue weighted by Crippen LogP contribution is -2.41. The second-order valence-corrected chi connectivity index (χ2v) is 6.25. The first-order valence-electron chi connectivity index (χ1n) is 7.24. The van der Waals surface area contributed by atoms with E-state index in [0.717, 1.165) is 12.8 Å². The molecule has 0 atom stereocenters. The highest BCUT2D eigenvalue weighted by Gasteiger charge is 2.26. The fourth-order valence-corrected chi connectivity index (χ4v) is 2.02. The number of carbonyl (C=O) groups is 1. The summed E-state index contributed by atoms with van der Waals surface area (Å²) in [7, 11) is 0. The van der Waals surface area contributed by atoms with Crippen LogP contribution in [0, 0.1) is 5.92 Å². The first-order chi connectivity index (χ1) is 9.71. The number of likely N-dealkylation sites (tertiary alicyclic amines) is 1. The summed E-state index contributed by atoms with van der Waals surface area (Å²) < 4.78 is 18.9. The molecule has 0 N–H and O–H groups in total. The third kappa shape index (κ3) is 6.56. The van der Waals surface area contributed by atoms with Gasteiger partial charge in [0.15, 0.2) is 0 Å². The Kier molecular flexibility index (Phi) is 6.12. The monoisotopic (exact) mass is 296 g/mol. The first-order valence-corrected chi connectivity index (χ1v) is 7.24. The number of rotatable bonds is 3. The van der Waals surface area contributed by atoms with E-state index in [1.165, 1.54) is 12.2 Å². The van der Waals surface area contributed by atoms with Crippen molar-refractivity contribution in [2.24, 2.45) is 10.9 Å². The smallest absolute Gasteiger partial charge is 0.410 e. The zero-order valence-electron chi connectivity index (χ0n) is 13.4. The van der Waals surface area contributed by atoms with Gasteiger partial charge in [-0.25, -0.2) is 9.79 Å². The topological polar surface area (TPSA) is 41.9 Å². The van der Waals surface area contributed by atoms with Gasteiger partial charge in [-0.1, -0.05) is 6.58 Å². The van der Waals surface area contributed by atoms with Crippen LogP contribution in [0.1, 0.15) is 40.5 Å². The average molecular weight is 296 g/mol. The van der Waals surface area contributed by atoms with E-state index < -0.39 is 11.6 Å². The predicted molar refractivity (Wildman–Crippen MR) is 83.0 cm³/mol. The van der Waals surface area contributed by atoms with Gasteiger partial charge in [0.2, 0.25) is 5.95 Å². The van der Waals surface area contributed by atoms with Crippen LogP contribution < -0.4 is 0 Å². The van der Waals surface area contributed by atoms with Gasteiger partial charge in [-0.15, -0.1) is 0 Å². The number of hydrogen-bond acceptors (Lipinski definition) is 3. The van der Waals surface area contributed by atoms with Crippen molar-refractivity contribution in [3.05, 3.63) is 24.7 Å². The Labute approximate surface area is 126 Å². The number of allylic oxidation sites excluding steroid dienone is 2. The largest absolute Gasteiger partial charge is 0.444 e. The van der Waals surface area contributed by atoms with Gasteiger partial charge in [0.05, 0.1) is 0 Å². The van der Waals surface area contributed by atoms with Crippen molar-refractivity contribution in [1.29, 1.82) is 0 Å². The SMILES string of the molecule is C=C/C(C)=N\C(F)=C\C1CCN(C(=O)OC(C)(C)C)CC1. The van der Waals surface area contributed by atoms with Crippen LogP contribution in [0.15, 0.2) is 29.7 Å². The Balaban J connectivity index is 2.51. The molecule has 0 radical (unpaired) electrons. The molecule has 0 aromatic carbocycles. The number of carbonyl (C=O) groups excluding carboxylic acids is 1. The predicted octanol–water partition coefficient (Wildman–Crippen LogP) is 4.09. The van der Waals surface area contributed by atoms with Crippen LogP contribution in [0.3, 0.4) is 0 Å². The second-order valence-electron chi connectivity index (χ2n) is 6.25. The molecule has 1 aliphatic rings. The van der Waals surface area contributed by atoms with Gasteiger partial charge in [0.1, 0.15) is 5.60 Å². The quantitative estimate of drug-likeness (QED) is 0.581. The molecule has 21 heavy (non-hydrogen) atoms. The molecule has 0 aliphatic carbocycles. The molecule has 5 heteroatoms. The van der Waals surface area contributed by atoms with Gasteiger partial charge in [-0.05, 0) is 58.6 Å². The fourth-order valence-electron chi connectivity index (χ4n) is 2.02. The van der Waals surface area contributed by atoms with Crippen molar-refractivity contribution in [2.45, 2.75) is 46.1 Å². The maximum atomic E-state index is 13.6. The number of aliphatic imine (C=N–C) groups is 1. The van der Waals surface area contributed by atoms with Crippen LogP contribution in [-0.4, -0.2) is 35.4 Å². The molecule has 0 saturated carbocycles. The first kappa shape index (κ1) is 17.4. The minimum absolute atomic E-state index is 0.102. The van der Waals surface area contributed by atoms with Crippen molar-refractivity contribution in [3.8, 4) is 0 Å². The maximum Gasteiger partial charge on any atom is 0.410 e. The average Bonchev–Trinajstić information content (AvgIpc) is 2.37. The lowest BCUT2D eigenvalue weighted by atomic mass is 9.97. The highest BCUT2D eigenvalue weighted by molar-refractivity contribution is 5.92. The van der Waals surface area contributed by atoms with E-state index in [1.807, 2.05) is 20.8 Å². The number of ether oxygens (including phenoxy) is 1. The molecule has 1 aliphatic heterocycles. The second kappa shape index (κ2) is 7.38. The van der Waals surface area contributed by atoms with Crippen LogP contribution in [0.4, 0.5) is 9.18 Å². The van der Waals surface area contributed by atoms with Crippen LogP contribution in [0.5, 0.6) is 0 Å². The van der Waals surface area contributed by atoms with Gasteiger partial charge in [-0.3, -0.25) is 0 Å². The standard InChI is InChI=1S/C16H25FN2O2/c1-6-12(2)18-14(17)11-13-7-9-19(10-8-13)15(20)21-16(3,4)5/h6,11,13H,1,7-10H2,2-5H3/b14-11+,18-12-. The van der Waals surface area contributed by atoms with Crippen LogP contribution >= 0.6 is 0 Å². The van der Waals surface area contributed by atoms with Crippen molar-refractivity contribution < 1.29 is 13.9 Å². The van der Waals surface area contributed by atoms with Gasteiger partial charge in [0, 0.05) is 18.8 Å². The molecule has 1 heterocycles. The summed E-state index contributed by atoms with van der Waals surface area (Å²) in [5.74, 6) is -0.381. The zero-order valence-corrected chi connectivity index (χ0v) is 13.4. The van der Waals surface area contributed by atoms with Crippen molar-refractivity contribution in [3.63, 3.8) is 0 Å². The molecule has 1 fully saturated rings. The van der Waals surface area contributed by atoms with E-state index in [4.69, 9.17) is 4.74 Å². The van der Waals surface area contributed by atoms with Gasteiger partial charge in [0.25, 0.3) is 0 Å². The summed E-state index contributed by atoms with van der Waals surface area (Å²) in [5, 5.41) is 0. The fraction of sp³-hybridized carbons (Fsp3) is 0.625. The molecule has 1 rings (SSSR count). The Bertz CT molecular complexity index is 442. The van der Waals surface area contributed by atoms with E-state index in [-0.39, 0.29) is 12.0 Å². The third-order valence-corrected chi connectivity index (χ3v) is 3.14. The van der Waals surface area contributed by atoms with E-state index in [9.17, 15) is 9.18 Å². The lowest BCUT2D eigenvalue weighted by molar-refractivity contribution is 0.0197. The molecule has 1 amide bonds. The summed E-state index contributed by atoms with van der Waals surface area (Å²) in [4.78, 5) is 17.4. The Hall–Kier alpha value is -1.65. The minimum Gasteiger partial charge on any atom is -0.444 e. The molecule has 1 saturated heterocycles. The third-order valence-electron chi connectivity index (χ3n) is 3.14. The Morgan fingerprint density at radius 1 is 1.38 bits per heavy atom. The van der Waals surface area contributed by atoms with E-state index >= 15 is 0 Å². The summed E-state index contributed by atoms with van der Waals surface area (Å²) in [6.07, 6.45) is 4.17. The number of amides is 1. The lowest BCUT2D eigenvalue weighted by Gasteiger charge is -2.32. The van der Waals surface area contributed by atoms with E-state index in [0.29, 0.717) is 18.8 Å². The normalized spacial score (nSPS) is 18.6. The molecule has 4 nitrogen and oxygen atoms in total. The maximum absolute atomic E-state index is 13.6. The van der Waals surface area contributed by atoms with Crippen LogP contribution in [0.25, 0.3) is 0 Å². The number of nitrogens with zero attached hydrogens (tertiary/aromatic N) is 2. The van der Waals surface area contributed by atoms with Crippen molar-refractivity contribution in [1.82, 2.24) is 4.90 Å². The molecular weight excluding hydrogens is 271 g/mol. The Morgan fingerprint density at radius 2 is 1.95 bits per heavy atom. The zero-order chi connectivity index (χ0) is 16.0. The molecule has 118 valence electrons. The van der Waals surface area contributed by atoms with Gasteiger partial charge >= 0.3 is 6.09 Å². The van der Waals surface area contributed by atoms with Gasteiger partial charge in [-0.2, -0.15) is 4.39 Å². The number of hydrogen-bond donors (Lipinski definition) is 0. The molecule has 0 aromatic heterocycles. The summed E-state index contributed by atoms with van der Waals surface area (Å²) in [6.45, 7) is 11.9. The molecular formula is C16H25FN2O2. The summed E-state index contributed by atoms with van der Waals surface area (Å²) in [6, 6.07) is 0. The minimum atomic E-state index is -0.489. The summed E-state index contributed by atoms with van der Waals surface area (Å²) in [5.41, 5.74) is 0.0617. The highest BCUT2D eigenvalue weighted by atomic mass is 19.1. The van der Waals surface area contributed by atoms with E-state index in [2.05, 4.69) is 11.6 Å². The molecule has 0 unspecified atom stereocenters. The van der Waals surface area contributed by atoms with Crippen LogP contribution in [0.2, 0.25) is 0 Å². The highest BCUT2D eigenvalue weighted by Crippen LogP contribution is 2.22. The molecule has 0 spiro atoms. The van der Waals surface area contributed by atoms with Crippen molar-refractivity contribution >= 4 is 11.8 Å². The molecule has 0 bridgehead atoms. The van der Waals surface area contributed by atoms with Crippen molar-refractivity contribution in [2.75, 3.05) is 13.1 Å². The van der Waals surface area contributed by atoms with E-state index in [1.54, 1.807) is 11.8 Å². The van der Waals surface area contributed by atoms with Crippen LogP contribution in [-0.2, 0) is 4.74 Å². The van der Waals surface area contributed by atoms with Gasteiger partial charge < -0.3 is 9.64 Å². The number of piperidine rings is 1. The molecule has 0 aromatic rings. The summed E-state index contributed by atoms with van der Waals surface area (Å²) >= 11 is 0.